The molecule has 152 valence electrons. The van der Waals surface area contributed by atoms with Crippen molar-refractivity contribution in [2.75, 3.05) is 0 Å². The summed E-state index contributed by atoms with van der Waals surface area (Å²) in [5.41, 5.74) is 1.48. The standard InChI is InChI=1S/C29H30S/c1-2-3-4-5-6-7-8-9-21-10-11-22-20-28-23(19-24(22)18-21)12-13-25-26(28)14-15-29-27(25)16-17-30-29/h10-20H,2-9H2,1H3. The Morgan fingerprint density at radius 3 is 2.23 bits per heavy atom. The molecule has 0 aliphatic rings. The summed E-state index contributed by atoms with van der Waals surface area (Å²) < 4.78 is 1.37. The van der Waals surface area contributed by atoms with Crippen LogP contribution >= 0.6 is 11.3 Å². The SMILES string of the molecule is CCCCCCCCCc1ccc2cc3c(ccc4c5ccsc5ccc34)cc2c1. The van der Waals surface area contributed by atoms with Crippen molar-refractivity contribution < 1.29 is 0 Å². The number of thiophene rings is 1. The van der Waals surface area contributed by atoms with Crippen LogP contribution in [0.1, 0.15) is 57.4 Å². The first-order valence-electron chi connectivity index (χ1n) is 11.6. The quantitative estimate of drug-likeness (QED) is 0.136. The topological polar surface area (TPSA) is 0 Å². The number of fused-ring (bicyclic) bond motifs is 6. The minimum atomic E-state index is 1.20. The predicted octanol–water partition coefficient (Wildman–Crippen LogP) is 9.65. The van der Waals surface area contributed by atoms with Gasteiger partial charge < -0.3 is 0 Å². The van der Waals surface area contributed by atoms with Crippen LogP contribution in [0.4, 0.5) is 0 Å². The van der Waals surface area contributed by atoms with Gasteiger partial charge in [-0.3, -0.25) is 0 Å². The third-order valence-corrected chi connectivity index (χ3v) is 7.42. The Hall–Kier alpha value is -2.38. The van der Waals surface area contributed by atoms with Gasteiger partial charge in [-0.05, 0) is 80.4 Å². The highest BCUT2D eigenvalue weighted by Gasteiger charge is 2.07. The van der Waals surface area contributed by atoms with Crippen LogP contribution in [0, 0.1) is 0 Å². The molecular weight excluding hydrogens is 380 g/mol. The van der Waals surface area contributed by atoms with Crippen molar-refractivity contribution in [1.82, 2.24) is 0 Å². The average Bonchev–Trinajstić information content (AvgIpc) is 3.26. The Kier molecular flexibility index (Phi) is 5.73. The minimum Gasteiger partial charge on any atom is -0.144 e. The molecule has 30 heavy (non-hydrogen) atoms. The summed E-state index contributed by atoms with van der Waals surface area (Å²) in [6, 6.07) is 23.3. The van der Waals surface area contributed by atoms with Crippen molar-refractivity contribution in [2.45, 2.75) is 58.3 Å². The maximum absolute atomic E-state index is 2.41. The number of benzene rings is 4. The molecule has 0 unspecified atom stereocenters. The fourth-order valence-electron chi connectivity index (χ4n) is 4.83. The molecule has 0 atom stereocenters. The van der Waals surface area contributed by atoms with E-state index in [0.717, 1.165) is 0 Å². The Balaban J connectivity index is 1.40. The molecular formula is C29H30S. The van der Waals surface area contributed by atoms with Crippen LogP contribution in [0.2, 0.25) is 0 Å². The van der Waals surface area contributed by atoms with Gasteiger partial charge in [-0.2, -0.15) is 0 Å². The van der Waals surface area contributed by atoms with Crippen LogP contribution < -0.4 is 0 Å². The van der Waals surface area contributed by atoms with Crippen LogP contribution in [0.25, 0.3) is 42.4 Å². The summed E-state index contributed by atoms with van der Waals surface area (Å²) in [6.45, 7) is 2.29. The third-order valence-electron chi connectivity index (χ3n) is 6.54. The van der Waals surface area contributed by atoms with Gasteiger partial charge in [-0.25, -0.2) is 0 Å². The highest BCUT2D eigenvalue weighted by atomic mass is 32.1. The summed E-state index contributed by atoms with van der Waals surface area (Å²) in [6.07, 6.45) is 10.8. The van der Waals surface area contributed by atoms with Gasteiger partial charge in [0.2, 0.25) is 0 Å². The first-order valence-corrected chi connectivity index (χ1v) is 12.5. The molecule has 5 aromatic rings. The molecule has 4 aromatic carbocycles. The maximum atomic E-state index is 2.41. The van der Waals surface area contributed by atoms with Gasteiger partial charge in [0.05, 0.1) is 0 Å². The Bertz CT molecular complexity index is 1310. The van der Waals surface area contributed by atoms with E-state index in [1.54, 1.807) is 0 Å². The van der Waals surface area contributed by atoms with Gasteiger partial charge >= 0.3 is 0 Å². The van der Waals surface area contributed by atoms with Crippen LogP contribution in [-0.2, 0) is 6.42 Å². The second-order valence-corrected chi connectivity index (χ2v) is 9.63. The molecule has 0 saturated heterocycles. The largest absolute Gasteiger partial charge is 0.144 e. The van der Waals surface area contributed by atoms with E-state index in [2.05, 4.69) is 73.0 Å². The van der Waals surface area contributed by atoms with E-state index in [1.165, 1.54) is 99.3 Å². The van der Waals surface area contributed by atoms with E-state index in [-0.39, 0.29) is 0 Å². The second kappa shape index (κ2) is 8.78. The van der Waals surface area contributed by atoms with E-state index in [4.69, 9.17) is 0 Å². The lowest BCUT2D eigenvalue weighted by atomic mass is 9.95. The molecule has 0 N–H and O–H groups in total. The van der Waals surface area contributed by atoms with Gasteiger partial charge in [0.25, 0.3) is 0 Å². The smallest absolute Gasteiger partial charge is 0.0349 e. The summed E-state index contributed by atoms with van der Waals surface area (Å²) in [5.74, 6) is 0. The van der Waals surface area contributed by atoms with Crippen LogP contribution in [0.15, 0.2) is 66.0 Å². The second-order valence-electron chi connectivity index (χ2n) is 8.68. The number of hydrogen-bond acceptors (Lipinski definition) is 1. The fourth-order valence-corrected chi connectivity index (χ4v) is 5.63. The molecule has 0 spiro atoms. The van der Waals surface area contributed by atoms with Crippen LogP contribution in [-0.4, -0.2) is 0 Å². The zero-order chi connectivity index (χ0) is 20.3. The molecule has 0 bridgehead atoms. The molecule has 1 heterocycles. The predicted molar refractivity (Wildman–Crippen MR) is 136 cm³/mol. The molecule has 0 radical (unpaired) electrons. The van der Waals surface area contributed by atoms with Gasteiger partial charge in [0.15, 0.2) is 0 Å². The van der Waals surface area contributed by atoms with E-state index in [1.807, 2.05) is 11.3 Å². The lowest BCUT2D eigenvalue weighted by Gasteiger charge is -2.09. The van der Waals surface area contributed by atoms with Crippen molar-refractivity contribution in [2.24, 2.45) is 0 Å². The first kappa shape index (κ1) is 19.6. The van der Waals surface area contributed by atoms with Crippen molar-refractivity contribution in [3.05, 3.63) is 71.6 Å². The highest BCUT2D eigenvalue weighted by molar-refractivity contribution is 7.17. The van der Waals surface area contributed by atoms with E-state index < -0.39 is 0 Å². The molecule has 1 aromatic heterocycles. The Morgan fingerprint density at radius 2 is 1.33 bits per heavy atom. The first-order chi connectivity index (χ1) is 14.8. The van der Waals surface area contributed by atoms with Crippen molar-refractivity contribution in [3.8, 4) is 0 Å². The Labute approximate surface area is 183 Å². The molecule has 0 amide bonds. The highest BCUT2D eigenvalue weighted by Crippen LogP contribution is 2.35. The Morgan fingerprint density at radius 1 is 0.567 bits per heavy atom. The fraction of sp³-hybridized carbons (Fsp3) is 0.310. The molecule has 5 rings (SSSR count). The average molecular weight is 411 g/mol. The normalized spacial score (nSPS) is 11.9. The van der Waals surface area contributed by atoms with Crippen LogP contribution in [0.5, 0.6) is 0 Å². The van der Waals surface area contributed by atoms with Gasteiger partial charge in [0.1, 0.15) is 0 Å². The zero-order valence-corrected chi connectivity index (χ0v) is 18.7. The number of unbranched alkanes of at least 4 members (excludes halogenated alkanes) is 6. The van der Waals surface area contributed by atoms with Gasteiger partial charge in [-0.1, -0.05) is 81.8 Å². The summed E-state index contributed by atoms with van der Waals surface area (Å²) in [4.78, 5) is 0. The van der Waals surface area contributed by atoms with E-state index >= 15 is 0 Å². The van der Waals surface area contributed by atoms with Crippen molar-refractivity contribution in [3.63, 3.8) is 0 Å². The number of aryl methyl sites for hydroxylation is 1. The van der Waals surface area contributed by atoms with E-state index in [9.17, 15) is 0 Å². The summed E-state index contributed by atoms with van der Waals surface area (Å²) in [7, 11) is 0. The summed E-state index contributed by atoms with van der Waals surface area (Å²) in [5, 5.41) is 11.8. The lowest BCUT2D eigenvalue weighted by molar-refractivity contribution is 0.589. The molecule has 1 heteroatoms. The minimum absolute atomic E-state index is 1.20. The van der Waals surface area contributed by atoms with E-state index in [0.29, 0.717) is 0 Å². The zero-order valence-electron chi connectivity index (χ0n) is 17.9. The molecule has 0 aliphatic carbocycles. The number of hydrogen-bond donors (Lipinski definition) is 0. The molecule has 0 aliphatic heterocycles. The molecule has 0 nitrogen and oxygen atoms in total. The van der Waals surface area contributed by atoms with Gasteiger partial charge in [0, 0.05) is 10.1 Å². The number of rotatable bonds is 8. The monoisotopic (exact) mass is 410 g/mol. The van der Waals surface area contributed by atoms with Gasteiger partial charge in [-0.15, -0.1) is 11.3 Å². The van der Waals surface area contributed by atoms with Crippen LogP contribution in [0.3, 0.4) is 0 Å². The lowest BCUT2D eigenvalue weighted by Crippen LogP contribution is -1.87. The van der Waals surface area contributed by atoms with Crippen molar-refractivity contribution in [1.29, 1.82) is 0 Å². The molecule has 0 fully saturated rings. The summed E-state index contributed by atoms with van der Waals surface area (Å²) >= 11 is 1.82. The maximum Gasteiger partial charge on any atom is 0.0349 e. The van der Waals surface area contributed by atoms with Crippen molar-refractivity contribution >= 4 is 53.7 Å². The molecule has 0 saturated carbocycles. The third kappa shape index (κ3) is 3.84.